The van der Waals surface area contributed by atoms with Gasteiger partial charge in [0.25, 0.3) is 0 Å². The van der Waals surface area contributed by atoms with Crippen LogP contribution in [0.5, 0.6) is 0 Å². The first-order valence-corrected chi connectivity index (χ1v) is 10.1. The molecule has 178 valence electrons. The fourth-order valence-corrected chi connectivity index (χ4v) is 2.85. The molecule has 3 unspecified atom stereocenters. The summed E-state index contributed by atoms with van der Waals surface area (Å²) >= 11 is 0. The smallest absolute Gasteiger partial charge is 0.326 e. The molecule has 0 aliphatic carbocycles. The van der Waals surface area contributed by atoms with E-state index in [9.17, 15) is 29.1 Å². The number of carboxylic acids is 2. The van der Waals surface area contributed by atoms with E-state index in [0.29, 0.717) is 5.69 Å². The van der Waals surface area contributed by atoms with Gasteiger partial charge < -0.3 is 36.9 Å². The number of carboxylic acid groups (broad SMARTS) is 2. The standard InChI is InChI=1S/C19H30N6O7/c1-10(2)5-14(19(31)32)25-17(29)12(3-4-16(27)28)24-18(30)13(23-15(26)7-20)6-11-8-21-9-22-11/h8-10,12-14H,3-7,20H2,1-2H3,(H,21,22)(H,23,26)(H,24,30)(H,25,29)(H,27,28)(H,31,32). The maximum absolute atomic E-state index is 12.8. The normalized spacial score (nSPS) is 13.6. The molecule has 0 radical (unpaired) electrons. The summed E-state index contributed by atoms with van der Waals surface area (Å²) in [6, 6.07) is -3.66. The summed E-state index contributed by atoms with van der Waals surface area (Å²) in [6.07, 6.45) is 2.28. The van der Waals surface area contributed by atoms with Gasteiger partial charge in [0.2, 0.25) is 17.7 Å². The highest BCUT2D eigenvalue weighted by atomic mass is 16.4. The molecular formula is C19H30N6O7. The van der Waals surface area contributed by atoms with Gasteiger partial charge in [-0.1, -0.05) is 13.8 Å². The van der Waals surface area contributed by atoms with Crippen LogP contribution in [0.1, 0.15) is 38.8 Å². The third-order valence-corrected chi connectivity index (χ3v) is 4.42. The number of carbonyl (C=O) groups excluding carboxylic acids is 3. The van der Waals surface area contributed by atoms with Gasteiger partial charge in [-0.05, 0) is 18.8 Å². The Bertz CT molecular complexity index is 796. The second-order valence-corrected chi connectivity index (χ2v) is 7.63. The minimum atomic E-state index is -1.33. The molecule has 13 heteroatoms. The molecule has 0 fully saturated rings. The molecule has 0 aliphatic heterocycles. The highest BCUT2D eigenvalue weighted by molar-refractivity contribution is 5.93. The zero-order chi connectivity index (χ0) is 24.3. The van der Waals surface area contributed by atoms with Crippen LogP contribution >= 0.6 is 0 Å². The number of hydrogen-bond acceptors (Lipinski definition) is 7. The van der Waals surface area contributed by atoms with Gasteiger partial charge in [-0.2, -0.15) is 0 Å². The number of imidazole rings is 1. The fraction of sp³-hybridized carbons (Fsp3) is 0.579. The molecule has 0 aromatic carbocycles. The summed E-state index contributed by atoms with van der Waals surface area (Å²) in [7, 11) is 0. The number of aromatic nitrogens is 2. The summed E-state index contributed by atoms with van der Waals surface area (Å²) in [5.74, 6) is -4.68. The van der Waals surface area contributed by atoms with Gasteiger partial charge in [-0.3, -0.25) is 19.2 Å². The van der Waals surface area contributed by atoms with Gasteiger partial charge in [-0.25, -0.2) is 9.78 Å². The van der Waals surface area contributed by atoms with Gasteiger partial charge in [0.15, 0.2) is 0 Å². The molecule has 0 saturated carbocycles. The molecule has 13 nitrogen and oxygen atoms in total. The van der Waals surface area contributed by atoms with Crippen LogP contribution in [0, 0.1) is 5.92 Å². The second kappa shape index (κ2) is 13.0. The summed E-state index contributed by atoms with van der Waals surface area (Å²) in [5.41, 5.74) is 5.82. The summed E-state index contributed by atoms with van der Waals surface area (Å²) in [6.45, 7) is 3.20. The SMILES string of the molecule is CC(C)CC(NC(=O)C(CCC(=O)O)NC(=O)C(Cc1cnc[nH]1)NC(=O)CN)C(=O)O. The van der Waals surface area contributed by atoms with Crippen molar-refractivity contribution in [1.29, 1.82) is 0 Å². The summed E-state index contributed by atoms with van der Waals surface area (Å²) in [4.78, 5) is 66.4. The number of amides is 3. The van der Waals surface area contributed by atoms with Crippen molar-refractivity contribution in [2.45, 2.75) is 57.7 Å². The molecule has 3 atom stereocenters. The van der Waals surface area contributed by atoms with E-state index in [4.69, 9.17) is 10.8 Å². The first-order valence-electron chi connectivity index (χ1n) is 10.1. The topological polar surface area (TPSA) is 217 Å². The van der Waals surface area contributed by atoms with E-state index >= 15 is 0 Å². The maximum Gasteiger partial charge on any atom is 0.326 e. The largest absolute Gasteiger partial charge is 0.481 e. The molecule has 1 aromatic heterocycles. The molecular weight excluding hydrogens is 424 g/mol. The summed E-state index contributed by atoms with van der Waals surface area (Å²) < 4.78 is 0. The van der Waals surface area contributed by atoms with E-state index in [2.05, 4.69) is 25.9 Å². The maximum atomic E-state index is 12.8. The van der Waals surface area contributed by atoms with Gasteiger partial charge in [0.1, 0.15) is 18.1 Å². The first kappa shape index (κ1) is 26.6. The lowest BCUT2D eigenvalue weighted by molar-refractivity contribution is -0.143. The zero-order valence-electron chi connectivity index (χ0n) is 18.0. The minimum Gasteiger partial charge on any atom is -0.481 e. The lowest BCUT2D eigenvalue weighted by Crippen LogP contribution is -2.56. The van der Waals surface area contributed by atoms with Crippen molar-refractivity contribution in [1.82, 2.24) is 25.9 Å². The van der Waals surface area contributed by atoms with Crippen molar-refractivity contribution in [2.75, 3.05) is 6.54 Å². The van der Waals surface area contributed by atoms with Crippen LogP contribution in [0.15, 0.2) is 12.5 Å². The van der Waals surface area contributed by atoms with Crippen LogP contribution in [-0.4, -0.2) is 74.5 Å². The Kier molecular flexibility index (Phi) is 10.8. The molecule has 1 heterocycles. The van der Waals surface area contributed by atoms with E-state index in [1.54, 1.807) is 13.8 Å². The highest BCUT2D eigenvalue weighted by Crippen LogP contribution is 2.08. The molecule has 0 bridgehead atoms. The van der Waals surface area contributed by atoms with Gasteiger partial charge >= 0.3 is 11.9 Å². The number of nitrogens with two attached hydrogens (primary N) is 1. The van der Waals surface area contributed by atoms with Crippen LogP contribution < -0.4 is 21.7 Å². The zero-order valence-corrected chi connectivity index (χ0v) is 18.0. The lowest BCUT2D eigenvalue weighted by atomic mass is 10.0. The van der Waals surface area contributed by atoms with Gasteiger partial charge in [-0.15, -0.1) is 0 Å². The van der Waals surface area contributed by atoms with Crippen molar-refractivity contribution in [3.05, 3.63) is 18.2 Å². The van der Waals surface area contributed by atoms with Crippen LogP contribution in [0.4, 0.5) is 0 Å². The van der Waals surface area contributed by atoms with Crippen molar-refractivity contribution >= 4 is 29.7 Å². The van der Waals surface area contributed by atoms with E-state index in [1.807, 2.05) is 0 Å². The second-order valence-electron chi connectivity index (χ2n) is 7.63. The number of nitrogens with zero attached hydrogens (tertiary/aromatic N) is 1. The Morgan fingerprint density at radius 1 is 1.03 bits per heavy atom. The quantitative estimate of drug-likeness (QED) is 0.171. The average molecular weight is 454 g/mol. The molecule has 3 amide bonds. The Morgan fingerprint density at radius 2 is 1.66 bits per heavy atom. The molecule has 1 aromatic rings. The third-order valence-electron chi connectivity index (χ3n) is 4.42. The number of aliphatic carboxylic acids is 2. The highest BCUT2D eigenvalue weighted by Gasteiger charge is 2.30. The van der Waals surface area contributed by atoms with Crippen molar-refractivity contribution < 1.29 is 34.2 Å². The predicted octanol–water partition coefficient (Wildman–Crippen LogP) is -1.64. The molecule has 8 N–H and O–H groups in total. The Labute approximate surface area is 184 Å². The molecule has 0 spiro atoms. The van der Waals surface area contributed by atoms with Gasteiger partial charge in [0, 0.05) is 24.7 Å². The lowest BCUT2D eigenvalue weighted by Gasteiger charge is -2.24. The van der Waals surface area contributed by atoms with Crippen LogP contribution in [0.3, 0.4) is 0 Å². The molecule has 0 aliphatic rings. The summed E-state index contributed by atoms with van der Waals surface area (Å²) in [5, 5.41) is 25.5. The van der Waals surface area contributed by atoms with E-state index in [0.717, 1.165) is 0 Å². The first-order chi connectivity index (χ1) is 15.0. The van der Waals surface area contributed by atoms with Crippen LogP contribution in [0.25, 0.3) is 0 Å². The number of hydrogen-bond donors (Lipinski definition) is 7. The Balaban J connectivity index is 3.00. The van der Waals surface area contributed by atoms with E-state index in [-0.39, 0.29) is 31.7 Å². The molecule has 32 heavy (non-hydrogen) atoms. The fourth-order valence-electron chi connectivity index (χ4n) is 2.85. The van der Waals surface area contributed by atoms with E-state index < -0.39 is 54.2 Å². The average Bonchev–Trinajstić information content (AvgIpc) is 3.22. The predicted molar refractivity (Wildman–Crippen MR) is 111 cm³/mol. The minimum absolute atomic E-state index is 0.00986. The number of H-pyrrole nitrogens is 1. The van der Waals surface area contributed by atoms with Crippen LogP contribution in [-0.2, 0) is 30.4 Å². The molecule has 1 rings (SSSR count). The van der Waals surface area contributed by atoms with Crippen molar-refractivity contribution in [2.24, 2.45) is 11.7 Å². The number of nitrogens with one attached hydrogen (secondary N) is 4. The van der Waals surface area contributed by atoms with Crippen molar-refractivity contribution in [3.63, 3.8) is 0 Å². The molecule has 0 saturated heterocycles. The van der Waals surface area contributed by atoms with Crippen molar-refractivity contribution in [3.8, 4) is 0 Å². The number of aromatic amines is 1. The Morgan fingerprint density at radius 3 is 2.16 bits per heavy atom. The van der Waals surface area contributed by atoms with E-state index in [1.165, 1.54) is 12.5 Å². The third kappa shape index (κ3) is 9.55. The van der Waals surface area contributed by atoms with Crippen LogP contribution in [0.2, 0.25) is 0 Å². The number of rotatable bonds is 14. The Hall–Kier alpha value is -3.48. The monoisotopic (exact) mass is 454 g/mol. The van der Waals surface area contributed by atoms with Gasteiger partial charge in [0.05, 0.1) is 12.9 Å². The number of carbonyl (C=O) groups is 5.